The van der Waals surface area contributed by atoms with Crippen molar-refractivity contribution in [2.45, 2.75) is 33.6 Å². The maximum atomic E-state index is 11.4. The van der Waals surface area contributed by atoms with Gasteiger partial charge in [-0.25, -0.2) is 0 Å². The van der Waals surface area contributed by atoms with Gasteiger partial charge in [0, 0.05) is 31.1 Å². The van der Waals surface area contributed by atoms with Crippen molar-refractivity contribution in [1.29, 1.82) is 0 Å². The van der Waals surface area contributed by atoms with Gasteiger partial charge in [0.15, 0.2) is 0 Å². The number of nitrogens with one attached hydrogen (secondary N) is 2. The summed E-state index contributed by atoms with van der Waals surface area (Å²) in [4.78, 5) is 34.0. The fraction of sp³-hybridized carbons (Fsp3) is 0.769. The molecule has 0 unspecified atom stereocenters. The summed E-state index contributed by atoms with van der Waals surface area (Å²) in [7, 11) is 0. The van der Waals surface area contributed by atoms with Crippen molar-refractivity contribution in [3.63, 3.8) is 0 Å². The highest BCUT2D eigenvalue weighted by molar-refractivity contribution is 7.99. The van der Waals surface area contributed by atoms with Crippen LogP contribution in [-0.2, 0) is 14.4 Å². The van der Waals surface area contributed by atoms with E-state index in [4.69, 9.17) is 0 Å². The third kappa shape index (κ3) is 10.6. The Balaban J connectivity index is 3.59. The molecule has 2 N–H and O–H groups in total. The maximum Gasteiger partial charge on any atom is 0.239 e. The Morgan fingerprint density at radius 2 is 1.74 bits per heavy atom. The molecule has 2 amide bonds. The van der Waals surface area contributed by atoms with Crippen LogP contribution in [0.2, 0.25) is 0 Å². The molecular weight excluding hydrogens is 264 g/mol. The van der Waals surface area contributed by atoms with Crippen LogP contribution in [-0.4, -0.2) is 42.2 Å². The number of carbonyl (C=O) groups is 3. The molecule has 0 aliphatic rings. The fourth-order valence-corrected chi connectivity index (χ4v) is 1.87. The van der Waals surface area contributed by atoms with Crippen molar-refractivity contribution in [2.24, 2.45) is 5.92 Å². The van der Waals surface area contributed by atoms with Crippen LogP contribution in [0.4, 0.5) is 0 Å². The molecule has 0 aromatic rings. The lowest BCUT2D eigenvalue weighted by Gasteiger charge is -2.07. The van der Waals surface area contributed by atoms with Crippen LogP contribution in [0.15, 0.2) is 0 Å². The molecule has 5 nitrogen and oxygen atoms in total. The van der Waals surface area contributed by atoms with E-state index in [-0.39, 0.29) is 30.1 Å². The van der Waals surface area contributed by atoms with Gasteiger partial charge >= 0.3 is 0 Å². The number of ketones is 1. The second-order valence-electron chi connectivity index (χ2n) is 4.44. The van der Waals surface area contributed by atoms with Crippen LogP contribution in [0, 0.1) is 5.92 Å². The van der Waals surface area contributed by atoms with Crippen LogP contribution < -0.4 is 10.6 Å². The Hall–Kier alpha value is -1.04. The van der Waals surface area contributed by atoms with Crippen LogP contribution in [0.1, 0.15) is 33.6 Å². The molecule has 110 valence electrons. The first-order chi connectivity index (χ1) is 8.97. The van der Waals surface area contributed by atoms with Gasteiger partial charge < -0.3 is 10.6 Å². The average molecular weight is 288 g/mol. The van der Waals surface area contributed by atoms with Gasteiger partial charge in [-0.1, -0.05) is 20.8 Å². The minimum absolute atomic E-state index is 0.00679. The quantitative estimate of drug-likeness (QED) is 0.588. The van der Waals surface area contributed by atoms with Crippen LogP contribution in [0.5, 0.6) is 0 Å². The van der Waals surface area contributed by atoms with E-state index in [1.54, 1.807) is 11.8 Å². The molecule has 0 atom stereocenters. The second kappa shape index (κ2) is 10.8. The van der Waals surface area contributed by atoms with E-state index in [2.05, 4.69) is 10.6 Å². The van der Waals surface area contributed by atoms with Crippen LogP contribution in [0.25, 0.3) is 0 Å². The first-order valence-electron chi connectivity index (χ1n) is 6.61. The van der Waals surface area contributed by atoms with Crippen LogP contribution >= 0.6 is 11.8 Å². The summed E-state index contributed by atoms with van der Waals surface area (Å²) in [6, 6.07) is 0. The first kappa shape index (κ1) is 18.0. The highest BCUT2D eigenvalue weighted by atomic mass is 32.2. The number of amides is 2. The molecule has 0 spiro atoms. The molecule has 0 aliphatic heterocycles. The summed E-state index contributed by atoms with van der Waals surface area (Å²) in [5.41, 5.74) is 0. The van der Waals surface area contributed by atoms with Gasteiger partial charge in [-0.2, -0.15) is 11.8 Å². The zero-order chi connectivity index (χ0) is 14.7. The molecule has 0 aromatic heterocycles. The van der Waals surface area contributed by atoms with E-state index in [1.165, 1.54) is 0 Å². The summed E-state index contributed by atoms with van der Waals surface area (Å²) >= 11 is 1.69. The van der Waals surface area contributed by atoms with E-state index < -0.39 is 0 Å². The number of thioether (sulfide) groups is 1. The summed E-state index contributed by atoms with van der Waals surface area (Å²) in [5, 5.41) is 5.16. The molecular formula is C13H24N2O3S. The first-order valence-corrected chi connectivity index (χ1v) is 7.76. The Labute approximate surface area is 119 Å². The topological polar surface area (TPSA) is 75.3 Å². The number of carbonyl (C=O) groups excluding carboxylic acids is 3. The summed E-state index contributed by atoms with van der Waals surface area (Å²) in [6.07, 6.45) is 0.766. The number of rotatable bonds is 10. The van der Waals surface area contributed by atoms with Crippen molar-refractivity contribution >= 4 is 29.4 Å². The van der Waals surface area contributed by atoms with Gasteiger partial charge in [0.2, 0.25) is 11.8 Å². The number of hydrogen-bond acceptors (Lipinski definition) is 4. The van der Waals surface area contributed by atoms with E-state index in [1.807, 2.05) is 20.8 Å². The smallest absolute Gasteiger partial charge is 0.239 e. The third-order valence-electron chi connectivity index (χ3n) is 2.46. The summed E-state index contributed by atoms with van der Waals surface area (Å²) < 4.78 is 0. The molecule has 0 saturated heterocycles. The van der Waals surface area contributed by atoms with E-state index in [9.17, 15) is 14.4 Å². The normalized spacial score (nSPS) is 10.3. The van der Waals surface area contributed by atoms with Crippen molar-refractivity contribution in [3.05, 3.63) is 0 Å². The molecule has 19 heavy (non-hydrogen) atoms. The zero-order valence-corrected chi connectivity index (χ0v) is 12.8. The fourth-order valence-electron chi connectivity index (χ4n) is 1.25. The lowest BCUT2D eigenvalue weighted by Crippen LogP contribution is -2.38. The Kier molecular flexibility index (Phi) is 10.2. The predicted octanol–water partition coefficient (Wildman–Crippen LogP) is 0.977. The molecule has 0 fully saturated rings. The standard InChI is InChI=1S/C13H24N2O3S/c1-4-19-8-6-12(17)15-9-13(18)14-7-5-11(16)10(2)3/h10H,4-9H2,1-3H3,(H,14,18)(H,15,17). The molecule has 6 heteroatoms. The molecule has 0 aromatic carbocycles. The van der Waals surface area contributed by atoms with Crippen molar-refractivity contribution in [2.75, 3.05) is 24.6 Å². The molecule has 0 saturated carbocycles. The predicted molar refractivity (Wildman–Crippen MR) is 78.1 cm³/mol. The maximum absolute atomic E-state index is 11.4. The van der Waals surface area contributed by atoms with Gasteiger partial charge in [-0.15, -0.1) is 0 Å². The highest BCUT2D eigenvalue weighted by Crippen LogP contribution is 2.00. The lowest BCUT2D eigenvalue weighted by molar-refractivity contribution is -0.126. The average Bonchev–Trinajstić information content (AvgIpc) is 2.36. The largest absolute Gasteiger partial charge is 0.354 e. The number of Topliss-reactive ketones (excluding diaryl/α,β-unsaturated/α-hetero) is 1. The molecule has 0 bridgehead atoms. The summed E-state index contributed by atoms with van der Waals surface area (Å²) in [5.74, 6) is 1.50. The Bertz CT molecular complexity index is 306. The van der Waals surface area contributed by atoms with E-state index >= 15 is 0 Å². The monoisotopic (exact) mass is 288 g/mol. The number of hydrogen-bond donors (Lipinski definition) is 2. The minimum atomic E-state index is -0.256. The summed E-state index contributed by atoms with van der Waals surface area (Å²) in [6.45, 7) is 6.01. The van der Waals surface area contributed by atoms with E-state index in [0.29, 0.717) is 19.4 Å². The zero-order valence-electron chi connectivity index (χ0n) is 12.0. The highest BCUT2D eigenvalue weighted by Gasteiger charge is 2.08. The van der Waals surface area contributed by atoms with Gasteiger partial charge in [0.25, 0.3) is 0 Å². The minimum Gasteiger partial charge on any atom is -0.354 e. The Morgan fingerprint density at radius 3 is 2.32 bits per heavy atom. The molecule has 0 aliphatic carbocycles. The van der Waals surface area contributed by atoms with Crippen LogP contribution in [0.3, 0.4) is 0 Å². The van der Waals surface area contributed by atoms with E-state index in [0.717, 1.165) is 11.5 Å². The van der Waals surface area contributed by atoms with Crippen molar-refractivity contribution in [1.82, 2.24) is 10.6 Å². The SMILES string of the molecule is CCSCCC(=O)NCC(=O)NCCC(=O)C(C)C. The molecule has 0 rings (SSSR count). The van der Waals surface area contributed by atoms with Gasteiger partial charge in [0.1, 0.15) is 5.78 Å². The van der Waals surface area contributed by atoms with Gasteiger partial charge in [0.05, 0.1) is 6.54 Å². The van der Waals surface area contributed by atoms with Crippen molar-refractivity contribution < 1.29 is 14.4 Å². The van der Waals surface area contributed by atoms with Gasteiger partial charge in [-0.3, -0.25) is 14.4 Å². The second-order valence-corrected chi connectivity index (χ2v) is 5.84. The molecule has 0 radical (unpaired) electrons. The molecule has 0 heterocycles. The van der Waals surface area contributed by atoms with Crippen molar-refractivity contribution in [3.8, 4) is 0 Å². The Morgan fingerprint density at radius 1 is 1.05 bits per heavy atom. The lowest BCUT2D eigenvalue weighted by atomic mass is 10.1. The third-order valence-corrected chi connectivity index (χ3v) is 3.36. The van der Waals surface area contributed by atoms with Gasteiger partial charge in [-0.05, 0) is 5.75 Å².